The van der Waals surface area contributed by atoms with Crippen molar-refractivity contribution in [3.63, 3.8) is 0 Å². The number of amides is 1. The van der Waals surface area contributed by atoms with Gasteiger partial charge in [-0.05, 0) is 17.7 Å². The van der Waals surface area contributed by atoms with Gasteiger partial charge < -0.3 is 10.1 Å². The number of carbonyl (C=O) groups excluding carboxylic acids is 1. The summed E-state index contributed by atoms with van der Waals surface area (Å²) < 4.78 is 0. The summed E-state index contributed by atoms with van der Waals surface area (Å²) in [5.41, 5.74) is 3.43. The highest BCUT2D eigenvalue weighted by molar-refractivity contribution is 6.32. The van der Waals surface area contributed by atoms with Gasteiger partial charge in [0, 0.05) is 10.6 Å². The molecule has 2 N–H and O–H groups in total. The molecule has 3 aromatic rings. The minimum Gasteiger partial charge on any atom is -0.494 e. The molecular formula is C18H11ClN2O2. The first kappa shape index (κ1) is 13.8. The lowest BCUT2D eigenvalue weighted by Gasteiger charge is -2.01. The molecule has 5 heteroatoms. The van der Waals surface area contributed by atoms with Gasteiger partial charge in [0.05, 0.1) is 22.5 Å². The summed E-state index contributed by atoms with van der Waals surface area (Å²) in [5.74, 6) is -0.418. The maximum absolute atomic E-state index is 12.4. The van der Waals surface area contributed by atoms with Gasteiger partial charge in [-0.25, -0.2) is 4.99 Å². The second-order valence-corrected chi connectivity index (χ2v) is 5.67. The number of nitrogens with one attached hydrogen (secondary N) is 1. The van der Waals surface area contributed by atoms with Crippen molar-refractivity contribution >= 4 is 23.2 Å². The Balaban J connectivity index is 1.89. The van der Waals surface area contributed by atoms with Crippen LogP contribution in [0, 0.1) is 0 Å². The summed E-state index contributed by atoms with van der Waals surface area (Å²) in [7, 11) is 0. The van der Waals surface area contributed by atoms with Crippen LogP contribution >= 0.6 is 11.6 Å². The van der Waals surface area contributed by atoms with Gasteiger partial charge in [0.25, 0.3) is 5.91 Å². The number of halogens is 1. The molecule has 0 fully saturated rings. The van der Waals surface area contributed by atoms with E-state index in [0.29, 0.717) is 27.6 Å². The number of nitrogens with zero attached hydrogens (tertiary/aromatic N) is 1. The maximum atomic E-state index is 12.4. The van der Waals surface area contributed by atoms with E-state index in [2.05, 4.69) is 9.98 Å². The van der Waals surface area contributed by atoms with Crippen LogP contribution in [0.25, 0.3) is 11.3 Å². The summed E-state index contributed by atoms with van der Waals surface area (Å²) in [4.78, 5) is 19.4. The number of hydrogen-bond donors (Lipinski definition) is 2. The molecule has 23 heavy (non-hydrogen) atoms. The monoisotopic (exact) mass is 322 g/mol. The van der Waals surface area contributed by atoms with Crippen LogP contribution in [0.4, 0.5) is 0 Å². The molecule has 1 aromatic heterocycles. The molecule has 0 radical (unpaired) electrons. The van der Waals surface area contributed by atoms with E-state index >= 15 is 0 Å². The molecule has 2 heterocycles. The minimum absolute atomic E-state index is 0.0570. The van der Waals surface area contributed by atoms with Gasteiger partial charge in [-0.3, -0.25) is 4.79 Å². The van der Waals surface area contributed by atoms with Crippen LogP contribution in [0.1, 0.15) is 21.5 Å². The Morgan fingerprint density at radius 2 is 1.61 bits per heavy atom. The zero-order valence-electron chi connectivity index (χ0n) is 11.9. The van der Waals surface area contributed by atoms with Crippen molar-refractivity contribution in [1.82, 2.24) is 4.98 Å². The van der Waals surface area contributed by atoms with Gasteiger partial charge in [0.1, 0.15) is 0 Å². The summed E-state index contributed by atoms with van der Waals surface area (Å²) >= 11 is 5.90. The third-order valence-corrected chi connectivity index (χ3v) is 4.08. The number of rotatable bonds is 2. The number of aromatic hydroxyl groups is 1. The average Bonchev–Trinajstić information content (AvgIpc) is 3.09. The number of fused-ring (bicyclic) bond motifs is 1. The van der Waals surface area contributed by atoms with E-state index in [-0.39, 0.29) is 11.8 Å². The average molecular weight is 323 g/mol. The highest BCUT2D eigenvalue weighted by Gasteiger charge is 2.33. The molecule has 4 nitrogen and oxygen atoms in total. The van der Waals surface area contributed by atoms with Crippen LogP contribution in [0.3, 0.4) is 0 Å². The van der Waals surface area contributed by atoms with Crippen LogP contribution in [0.5, 0.6) is 5.88 Å². The van der Waals surface area contributed by atoms with Crippen molar-refractivity contribution in [3.8, 4) is 17.1 Å². The molecule has 112 valence electrons. The van der Waals surface area contributed by atoms with Crippen molar-refractivity contribution in [2.24, 2.45) is 4.99 Å². The molecule has 2 aromatic carbocycles. The SMILES string of the molecule is O=C1N=C(c2ccc(Cl)cc2)c2c(O)[nH]c(-c3ccccc3)c21. The smallest absolute Gasteiger partial charge is 0.280 e. The lowest BCUT2D eigenvalue weighted by molar-refractivity contribution is 0.101. The predicted molar refractivity (Wildman–Crippen MR) is 89.3 cm³/mol. The van der Waals surface area contributed by atoms with E-state index in [1.165, 1.54) is 0 Å². The van der Waals surface area contributed by atoms with Crippen molar-refractivity contribution in [2.45, 2.75) is 0 Å². The van der Waals surface area contributed by atoms with Crippen molar-refractivity contribution in [2.75, 3.05) is 0 Å². The van der Waals surface area contributed by atoms with Crippen LogP contribution in [-0.2, 0) is 0 Å². The van der Waals surface area contributed by atoms with E-state index in [1.807, 2.05) is 30.3 Å². The maximum Gasteiger partial charge on any atom is 0.280 e. The second kappa shape index (κ2) is 5.11. The molecule has 0 saturated carbocycles. The van der Waals surface area contributed by atoms with Crippen LogP contribution in [0.2, 0.25) is 5.02 Å². The number of H-pyrrole nitrogens is 1. The number of hydrogen-bond acceptors (Lipinski definition) is 2. The third-order valence-electron chi connectivity index (χ3n) is 3.82. The first-order chi connectivity index (χ1) is 11.1. The van der Waals surface area contributed by atoms with Gasteiger partial charge in [-0.15, -0.1) is 0 Å². The molecule has 0 bridgehead atoms. The Hall–Kier alpha value is -2.85. The molecular weight excluding hydrogens is 312 g/mol. The topological polar surface area (TPSA) is 65.4 Å². The van der Waals surface area contributed by atoms with E-state index in [1.54, 1.807) is 24.3 Å². The summed E-state index contributed by atoms with van der Waals surface area (Å²) in [6, 6.07) is 16.4. The van der Waals surface area contributed by atoms with Crippen LogP contribution < -0.4 is 0 Å². The van der Waals surface area contributed by atoms with Crippen molar-refractivity contribution in [3.05, 3.63) is 76.3 Å². The number of benzene rings is 2. The summed E-state index contributed by atoms with van der Waals surface area (Å²) in [6.07, 6.45) is 0. The zero-order valence-corrected chi connectivity index (χ0v) is 12.6. The summed E-state index contributed by atoms with van der Waals surface area (Å²) in [6.45, 7) is 0. The fraction of sp³-hybridized carbons (Fsp3) is 0. The largest absolute Gasteiger partial charge is 0.494 e. The van der Waals surface area contributed by atoms with E-state index in [0.717, 1.165) is 11.1 Å². The highest BCUT2D eigenvalue weighted by Crippen LogP contribution is 2.37. The first-order valence-electron chi connectivity index (χ1n) is 7.05. The fourth-order valence-electron chi connectivity index (χ4n) is 2.78. The molecule has 0 spiro atoms. The Bertz CT molecular complexity index is 941. The van der Waals surface area contributed by atoms with Crippen molar-refractivity contribution < 1.29 is 9.90 Å². The highest BCUT2D eigenvalue weighted by atomic mass is 35.5. The third kappa shape index (κ3) is 2.15. The van der Waals surface area contributed by atoms with Gasteiger partial charge >= 0.3 is 0 Å². The van der Waals surface area contributed by atoms with Gasteiger partial charge in [-0.2, -0.15) is 0 Å². The van der Waals surface area contributed by atoms with Crippen molar-refractivity contribution in [1.29, 1.82) is 0 Å². The minimum atomic E-state index is -0.361. The lowest BCUT2D eigenvalue weighted by atomic mass is 10.0. The van der Waals surface area contributed by atoms with E-state index in [9.17, 15) is 9.90 Å². The molecule has 0 aliphatic carbocycles. The van der Waals surface area contributed by atoms with Crippen LogP contribution in [-0.4, -0.2) is 21.7 Å². The van der Waals surface area contributed by atoms with Crippen LogP contribution in [0.15, 0.2) is 59.6 Å². The normalized spacial score (nSPS) is 13.1. The molecule has 4 rings (SSSR count). The number of aromatic amines is 1. The Kier molecular flexibility index (Phi) is 3.06. The van der Waals surface area contributed by atoms with Gasteiger partial charge in [0.15, 0.2) is 5.88 Å². The fourth-order valence-corrected chi connectivity index (χ4v) is 2.91. The zero-order chi connectivity index (χ0) is 16.0. The lowest BCUT2D eigenvalue weighted by Crippen LogP contribution is -1.99. The molecule has 0 unspecified atom stereocenters. The standard InChI is InChI=1S/C18H11ClN2O2/c19-12-8-6-11(7-9-12)16-14-13(17(22)21-16)15(20-18(14)23)10-4-2-1-3-5-10/h1-9,20,23H. The second-order valence-electron chi connectivity index (χ2n) is 5.24. The molecule has 0 saturated heterocycles. The van der Waals surface area contributed by atoms with E-state index in [4.69, 9.17) is 11.6 Å². The Morgan fingerprint density at radius 3 is 2.30 bits per heavy atom. The van der Waals surface area contributed by atoms with E-state index < -0.39 is 0 Å². The first-order valence-corrected chi connectivity index (χ1v) is 7.42. The van der Waals surface area contributed by atoms with Gasteiger partial charge in [0.2, 0.25) is 0 Å². The molecule has 1 amide bonds. The summed E-state index contributed by atoms with van der Waals surface area (Å²) in [5, 5.41) is 10.9. The van der Waals surface area contributed by atoms with Gasteiger partial charge in [-0.1, -0.05) is 54.1 Å². The molecule has 0 atom stereocenters. The molecule has 1 aliphatic rings. The number of carbonyl (C=O) groups is 1. The Labute approximate surface area is 137 Å². The molecule has 1 aliphatic heterocycles. The Morgan fingerprint density at radius 1 is 0.913 bits per heavy atom. The predicted octanol–water partition coefficient (Wildman–Crippen LogP) is 4.03. The number of aliphatic imine (C=N–C) groups is 1. The quantitative estimate of drug-likeness (QED) is 0.748. The number of aromatic nitrogens is 1.